The van der Waals surface area contributed by atoms with Crippen LogP contribution in [0.25, 0.3) is 5.65 Å². The summed E-state index contributed by atoms with van der Waals surface area (Å²) >= 11 is 0. The van der Waals surface area contributed by atoms with Gasteiger partial charge in [-0.1, -0.05) is 0 Å². The lowest BCUT2D eigenvalue weighted by Crippen LogP contribution is -2.51. The number of cyclic esters (lactones) is 1. The summed E-state index contributed by atoms with van der Waals surface area (Å²) in [6.07, 6.45) is 5.26. The molecule has 3 aromatic rings. The van der Waals surface area contributed by atoms with Crippen LogP contribution in [0.5, 0.6) is 0 Å². The zero-order chi connectivity index (χ0) is 25.4. The van der Waals surface area contributed by atoms with Gasteiger partial charge in [-0.05, 0) is 6.92 Å². The molecule has 2 aliphatic heterocycles. The van der Waals surface area contributed by atoms with Crippen LogP contribution in [0.2, 0.25) is 0 Å². The smallest absolute Gasteiger partial charge is 0.414 e. The van der Waals surface area contributed by atoms with E-state index in [4.69, 9.17) is 4.74 Å². The number of amides is 3. The van der Waals surface area contributed by atoms with Gasteiger partial charge in [0.1, 0.15) is 17.5 Å². The molecule has 13 heteroatoms. The van der Waals surface area contributed by atoms with Gasteiger partial charge in [0.15, 0.2) is 17.3 Å². The van der Waals surface area contributed by atoms with E-state index in [-0.39, 0.29) is 68.3 Å². The maximum Gasteiger partial charge on any atom is 0.414 e. The van der Waals surface area contributed by atoms with Gasteiger partial charge in [-0.3, -0.25) is 19.5 Å². The van der Waals surface area contributed by atoms with E-state index in [9.17, 15) is 23.2 Å². The molecule has 36 heavy (non-hydrogen) atoms. The van der Waals surface area contributed by atoms with E-state index in [0.717, 1.165) is 12.1 Å². The molecular weight excluding hydrogens is 476 g/mol. The lowest BCUT2D eigenvalue weighted by Gasteiger charge is -2.36. The fourth-order valence-corrected chi connectivity index (χ4v) is 4.32. The van der Waals surface area contributed by atoms with Gasteiger partial charge in [0.25, 0.3) is 5.91 Å². The molecule has 2 aromatic heterocycles. The zero-order valence-corrected chi connectivity index (χ0v) is 19.4. The van der Waals surface area contributed by atoms with E-state index >= 15 is 0 Å². The van der Waals surface area contributed by atoms with Crippen LogP contribution >= 0.6 is 0 Å². The SMILES string of the molecule is C[C@H]1CN(c2cc(F)c(N3CCN(C(=O)CNC(=O)c4cn5ccncc5n4)CC3)c(F)c2)C(=O)O1. The van der Waals surface area contributed by atoms with Gasteiger partial charge in [0.2, 0.25) is 5.91 Å². The van der Waals surface area contributed by atoms with Crippen LogP contribution in [0.3, 0.4) is 0 Å². The second kappa shape index (κ2) is 9.40. The Labute approximate surface area is 204 Å². The number of halogens is 2. The summed E-state index contributed by atoms with van der Waals surface area (Å²) in [5.74, 6) is -2.41. The molecular formula is C23H23F2N7O4. The van der Waals surface area contributed by atoms with Gasteiger partial charge in [-0.2, -0.15) is 0 Å². The van der Waals surface area contributed by atoms with Crippen molar-refractivity contribution >= 4 is 34.9 Å². The molecule has 0 aliphatic carbocycles. The first-order valence-corrected chi connectivity index (χ1v) is 11.4. The Morgan fingerprint density at radius 2 is 1.89 bits per heavy atom. The maximum atomic E-state index is 14.9. The predicted octanol–water partition coefficient (Wildman–Crippen LogP) is 1.43. The van der Waals surface area contributed by atoms with Gasteiger partial charge in [-0.15, -0.1) is 0 Å². The molecule has 11 nitrogen and oxygen atoms in total. The number of hydrogen-bond donors (Lipinski definition) is 1. The molecule has 1 N–H and O–H groups in total. The highest BCUT2D eigenvalue weighted by Gasteiger charge is 2.32. The molecule has 2 saturated heterocycles. The van der Waals surface area contributed by atoms with E-state index in [1.54, 1.807) is 23.7 Å². The second-order valence-electron chi connectivity index (χ2n) is 8.58. The fourth-order valence-electron chi connectivity index (χ4n) is 4.32. The minimum Gasteiger partial charge on any atom is -0.444 e. The average Bonchev–Trinajstić information content (AvgIpc) is 3.44. The van der Waals surface area contributed by atoms with Crippen molar-refractivity contribution in [2.75, 3.05) is 49.1 Å². The molecule has 1 aromatic carbocycles. The van der Waals surface area contributed by atoms with Gasteiger partial charge >= 0.3 is 6.09 Å². The van der Waals surface area contributed by atoms with E-state index in [0.29, 0.717) is 5.65 Å². The minimum atomic E-state index is -0.799. The summed E-state index contributed by atoms with van der Waals surface area (Å²) in [4.78, 5) is 49.2. The van der Waals surface area contributed by atoms with Crippen LogP contribution in [-0.4, -0.2) is 82.5 Å². The first-order valence-electron chi connectivity index (χ1n) is 11.4. The van der Waals surface area contributed by atoms with Crippen LogP contribution in [0.4, 0.5) is 25.0 Å². The van der Waals surface area contributed by atoms with E-state index in [1.165, 1.54) is 27.1 Å². The highest BCUT2D eigenvalue weighted by Crippen LogP contribution is 2.31. The number of piperazine rings is 1. The first kappa shape index (κ1) is 23.5. The van der Waals surface area contributed by atoms with Gasteiger partial charge < -0.3 is 24.3 Å². The summed E-state index contributed by atoms with van der Waals surface area (Å²) < 4.78 is 36.4. The van der Waals surface area contributed by atoms with E-state index < -0.39 is 23.6 Å². The third-order valence-corrected chi connectivity index (χ3v) is 6.12. The van der Waals surface area contributed by atoms with Gasteiger partial charge in [0.05, 0.1) is 25.0 Å². The molecule has 3 amide bonds. The number of rotatable bonds is 5. The van der Waals surface area contributed by atoms with Crippen LogP contribution in [0.15, 0.2) is 36.9 Å². The summed E-state index contributed by atoms with van der Waals surface area (Å²) in [5, 5.41) is 2.56. The van der Waals surface area contributed by atoms with Crippen LogP contribution in [0.1, 0.15) is 17.4 Å². The van der Waals surface area contributed by atoms with E-state index in [1.807, 2.05) is 0 Å². The van der Waals surface area contributed by atoms with Crippen molar-refractivity contribution in [3.63, 3.8) is 0 Å². The standard InChI is InChI=1S/C23H23F2N7O4/c1-14-12-32(23(35)36-14)15-8-16(24)21(17(25)9-15)30-6-4-29(5-7-30)20(33)11-27-22(34)18-13-31-3-2-26-10-19(31)28-18/h2-3,8-10,13-14H,4-7,11-12H2,1H3,(H,27,34)/t14-/m0/s1. The van der Waals surface area contributed by atoms with Crippen LogP contribution in [-0.2, 0) is 9.53 Å². The molecule has 0 spiro atoms. The summed E-state index contributed by atoms with van der Waals surface area (Å²) in [6.45, 7) is 2.54. The van der Waals surface area contributed by atoms with Crippen molar-refractivity contribution in [1.29, 1.82) is 0 Å². The Bertz CT molecular complexity index is 1280. The molecule has 188 valence electrons. The number of carbonyl (C=O) groups excluding carboxylic acids is 3. The predicted molar refractivity (Wildman–Crippen MR) is 124 cm³/mol. The third kappa shape index (κ3) is 4.51. The lowest BCUT2D eigenvalue weighted by atomic mass is 10.2. The van der Waals surface area contributed by atoms with Crippen molar-refractivity contribution in [3.05, 3.63) is 54.2 Å². The molecule has 0 unspecified atom stereocenters. The van der Waals surface area contributed by atoms with Crippen molar-refractivity contribution in [2.24, 2.45) is 0 Å². The number of nitrogens with one attached hydrogen (secondary N) is 1. The van der Waals surface area contributed by atoms with Gasteiger partial charge in [0, 0.05) is 56.9 Å². The van der Waals surface area contributed by atoms with Crippen molar-refractivity contribution < 1.29 is 27.9 Å². The topological polar surface area (TPSA) is 112 Å². The lowest BCUT2D eigenvalue weighted by molar-refractivity contribution is -0.130. The average molecular weight is 499 g/mol. The molecule has 2 fully saturated rings. The van der Waals surface area contributed by atoms with Crippen molar-refractivity contribution in [1.82, 2.24) is 24.6 Å². The highest BCUT2D eigenvalue weighted by atomic mass is 19.1. The number of carbonyl (C=O) groups is 3. The molecule has 0 saturated carbocycles. The Hall–Kier alpha value is -4.29. The Morgan fingerprint density at radius 1 is 1.17 bits per heavy atom. The molecule has 4 heterocycles. The quantitative estimate of drug-likeness (QED) is 0.565. The third-order valence-electron chi connectivity index (χ3n) is 6.12. The molecule has 2 aliphatic rings. The molecule has 0 bridgehead atoms. The summed E-state index contributed by atoms with van der Waals surface area (Å²) in [6, 6.07) is 2.22. The first-order chi connectivity index (χ1) is 17.3. The summed E-state index contributed by atoms with van der Waals surface area (Å²) in [7, 11) is 0. The number of benzene rings is 1. The van der Waals surface area contributed by atoms with Gasteiger partial charge in [-0.25, -0.2) is 18.6 Å². The molecule has 5 rings (SSSR count). The molecule has 0 radical (unpaired) electrons. The Balaban J connectivity index is 1.17. The normalized spacial score (nSPS) is 18.0. The van der Waals surface area contributed by atoms with E-state index in [2.05, 4.69) is 15.3 Å². The van der Waals surface area contributed by atoms with Crippen LogP contribution in [0, 0.1) is 11.6 Å². The monoisotopic (exact) mass is 499 g/mol. The second-order valence-corrected chi connectivity index (χ2v) is 8.58. The number of ether oxygens (including phenoxy) is 1. The van der Waals surface area contributed by atoms with Crippen LogP contribution < -0.4 is 15.1 Å². The summed E-state index contributed by atoms with van der Waals surface area (Å²) in [5.41, 5.74) is 0.551. The number of anilines is 2. The maximum absolute atomic E-state index is 14.9. The largest absolute Gasteiger partial charge is 0.444 e. The zero-order valence-electron chi connectivity index (χ0n) is 19.4. The highest BCUT2D eigenvalue weighted by molar-refractivity contribution is 5.95. The van der Waals surface area contributed by atoms with Crippen molar-refractivity contribution in [3.8, 4) is 0 Å². The Morgan fingerprint density at radius 3 is 2.53 bits per heavy atom. The number of nitrogens with zero attached hydrogens (tertiary/aromatic N) is 6. The number of fused-ring (bicyclic) bond motifs is 1. The number of imidazole rings is 1. The number of hydrogen-bond acceptors (Lipinski definition) is 7. The van der Waals surface area contributed by atoms with Crippen molar-refractivity contribution in [2.45, 2.75) is 13.0 Å². The minimum absolute atomic E-state index is 0.0922. The number of aromatic nitrogens is 3. The fraction of sp³-hybridized carbons (Fsp3) is 0.348. The Kier molecular flexibility index (Phi) is 6.12. The molecule has 1 atom stereocenters.